The van der Waals surface area contributed by atoms with Crippen molar-refractivity contribution in [3.63, 3.8) is 0 Å². The molecule has 0 aromatic heterocycles. The van der Waals surface area contributed by atoms with Gasteiger partial charge in [-0.3, -0.25) is 9.59 Å². The summed E-state index contributed by atoms with van der Waals surface area (Å²) in [5, 5.41) is 13.6. The average Bonchev–Trinajstić information content (AvgIpc) is 2.89. The Bertz CT molecular complexity index is 686. The van der Waals surface area contributed by atoms with E-state index in [1.54, 1.807) is 24.3 Å². The highest BCUT2D eigenvalue weighted by Gasteiger charge is 2.51. The van der Waals surface area contributed by atoms with Gasteiger partial charge in [-0.05, 0) is 32.9 Å². The van der Waals surface area contributed by atoms with Crippen molar-refractivity contribution >= 4 is 11.7 Å². The minimum Gasteiger partial charge on any atom is -0.350 e. The van der Waals surface area contributed by atoms with Crippen LogP contribution in [-0.4, -0.2) is 47.0 Å². The van der Waals surface area contributed by atoms with E-state index < -0.39 is 23.0 Å². The van der Waals surface area contributed by atoms with Crippen LogP contribution in [0.4, 0.5) is 4.39 Å². The minimum atomic E-state index is -1.51. The van der Waals surface area contributed by atoms with E-state index in [4.69, 9.17) is 0 Å². The molecule has 0 unspecified atom stereocenters. The second-order valence-corrected chi connectivity index (χ2v) is 6.98. The summed E-state index contributed by atoms with van der Waals surface area (Å²) in [7, 11) is 0. The van der Waals surface area contributed by atoms with E-state index in [2.05, 4.69) is 10.7 Å². The maximum atomic E-state index is 13.9. The number of alkyl halides is 1. The first-order chi connectivity index (χ1) is 11.7. The average molecular weight is 346 g/mol. The van der Waals surface area contributed by atoms with Crippen molar-refractivity contribution in [3.05, 3.63) is 35.9 Å². The zero-order chi connectivity index (χ0) is 18.7. The van der Waals surface area contributed by atoms with Crippen LogP contribution in [0, 0.1) is 11.3 Å². The van der Waals surface area contributed by atoms with Crippen LogP contribution >= 0.6 is 0 Å². The van der Waals surface area contributed by atoms with Crippen LogP contribution in [-0.2, 0) is 4.79 Å². The smallest absolute Gasteiger partial charge is 0.251 e. The monoisotopic (exact) mass is 346 g/mol. The number of carbonyl (C=O) groups excluding carboxylic acids is 2. The molecule has 2 atom stereocenters. The van der Waals surface area contributed by atoms with Gasteiger partial charge in [0.15, 0.2) is 11.3 Å². The van der Waals surface area contributed by atoms with E-state index in [1.165, 1.54) is 11.9 Å². The molecule has 1 fully saturated rings. The number of ketones is 1. The third-order valence-corrected chi connectivity index (χ3v) is 4.29. The first-order valence-corrected chi connectivity index (χ1v) is 8.15. The number of hydrazine groups is 1. The quantitative estimate of drug-likeness (QED) is 0.817. The maximum Gasteiger partial charge on any atom is 0.251 e. The maximum absolute atomic E-state index is 13.9. The number of amides is 1. The lowest BCUT2D eigenvalue weighted by molar-refractivity contribution is -0.126. The number of hydrogen-bond donors (Lipinski definition) is 2. The number of nitrogens with zero attached hydrogens (tertiary/aromatic N) is 2. The van der Waals surface area contributed by atoms with Crippen molar-refractivity contribution < 1.29 is 14.0 Å². The molecule has 7 heteroatoms. The molecule has 1 aromatic carbocycles. The Morgan fingerprint density at radius 1 is 1.40 bits per heavy atom. The molecule has 25 heavy (non-hydrogen) atoms. The van der Waals surface area contributed by atoms with E-state index >= 15 is 0 Å². The third-order valence-electron chi connectivity index (χ3n) is 4.29. The first kappa shape index (κ1) is 19.0. The van der Waals surface area contributed by atoms with Gasteiger partial charge in [0.25, 0.3) is 5.91 Å². The summed E-state index contributed by atoms with van der Waals surface area (Å²) in [6.45, 7) is 5.11. The Labute approximate surface area is 147 Å². The van der Waals surface area contributed by atoms with Gasteiger partial charge < -0.3 is 5.32 Å². The predicted molar refractivity (Wildman–Crippen MR) is 91.2 cm³/mol. The number of carbonyl (C=O) groups is 2. The van der Waals surface area contributed by atoms with Crippen molar-refractivity contribution in [1.82, 2.24) is 15.8 Å². The van der Waals surface area contributed by atoms with Crippen molar-refractivity contribution in [3.8, 4) is 6.07 Å². The molecule has 0 bridgehead atoms. The molecule has 0 spiro atoms. The molecular formula is C18H23FN4O2. The highest BCUT2D eigenvalue weighted by Crippen LogP contribution is 2.31. The zero-order valence-corrected chi connectivity index (χ0v) is 14.7. The van der Waals surface area contributed by atoms with E-state index in [9.17, 15) is 19.2 Å². The van der Waals surface area contributed by atoms with Gasteiger partial charge in [0.05, 0.1) is 6.07 Å². The molecule has 0 saturated carbocycles. The van der Waals surface area contributed by atoms with Crippen LogP contribution < -0.4 is 10.7 Å². The van der Waals surface area contributed by atoms with E-state index in [1.807, 2.05) is 26.0 Å². The van der Waals surface area contributed by atoms with E-state index in [0.717, 1.165) is 0 Å². The lowest BCUT2D eigenvalue weighted by Crippen LogP contribution is -2.63. The molecule has 0 radical (unpaired) electrons. The van der Waals surface area contributed by atoms with Crippen LogP contribution in [0.1, 0.15) is 37.6 Å². The molecule has 1 heterocycles. The zero-order valence-electron chi connectivity index (χ0n) is 14.7. The number of nitriles is 1. The van der Waals surface area contributed by atoms with Gasteiger partial charge >= 0.3 is 0 Å². The first-order valence-electron chi connectivity index (χ1n) is 8.15. The van der Waals surface area contributed by atoms with Crippen LogP contribution in [0.15, 0.2) is 30.3 Å². The highest BCUT2D eigenvalue weighted by atomic mass is 19.1. The Morgan fingerprint density at radius 3 is 2.60 bits per heavy atom. The number of Topliss-reactive ketones (excluding diaryl/α,β-unsaturated/α-hetero) is 1. The van der Waals surface area contributed by atoms with Gasteiger partial charge in [-0.2, -0.15) is 5.26 Å². The van der Waals surface area contributed by atoms with Crippen LogP contribution in [0.2, 0.25) is 0 Å². The lowest BCUT2D eigenvalue weighted by Gasteiger charge is -2.37. The van der Waals surface area contributed by atoms with E-state index in [0.29, 0.717) is 5.56 Å². The summed E-state index contributed by atoms with van der Waals surface area (Å²) in [6, 6.07) is 10.8. The van der Waals surface area contributed by atoms with Gasteiger partial charge in [0.1, 0.15) is 6.17 Å². The van der Waals surface area contributed by atoms with Crippen molar-refractivity contribution in [2.45, 2.75) is 44.4 Å². The molecule has 1 aliphatic rings. The van der Waals surface area contributed by atoms with Gasteiger partial charge in [0, 0.05) is 30.6 Å². The fourth-order valence-corrected chi connectivity index (χ4v) is 2.91. The van der Waals surface area contributed by atoms with Crippen LogP contribution in [0.5, 0.6) is 0 Å². The Morgan fingerprint density at radius 2 is 2.04 bits per heavy atom. The minimum absolute atomic E-state index is 0.0524. The number of hydrogen-bond acceptors (Lipinski definition) is 5. The SMILES string of the molecule is CC(=O)[C@@]1(C#N)C[C@H](F)CN1NC(C)(C)CNC(=O)c1ccccc1. The molecule has 1 aliphatic heterocycles. The van der Waals surface area contributed by atoms with Crippen molar-refractivity contribution in [1.29, 1.82) is 5.26 Å². The molecule has 2 N–H and O–H groups in total. The van der Waals surface area contributed by atoms with E-state index in [-0.39, 0.29) is 25.4 Å². The Balaban J connectivity index is 2.04. The molecule has 1 saturated heterocycles. The largest absolute Gasteiger partial charge is 0.350 e. The summed E-state index contributed by atoms with van der Waals surface area (Å²) in [4.78, 5) is 24.1. The fraction of sp³-hybridized carbons (Fsp3) is 0.500. The summed E-state index contributed by atoms with van der Waals surface area (Å²) < 4.78 is 13.9. The number of rotatable bonds is 6. The Hall–Kier alpha value is -2.30. The molecule has 2 rings (SSSR count). The third kappa shape index (κ3) is 4.21. The van der Waals surface area contributed by atoms with Crippen molar-refractivity contribution in [2.75, 3.05) is 13.1 Å². The molecule has 0 aliphatic carbocycles. The summed E-state index contributed by atoms with van der Waals surface area (Å²) in [5.74, 6) is -0.620. The Kier molecular flexibility index (Phi) is 5.55. The molecule has 1 amide bonds. The predicted octanol–water partition coefficient (Wildman–Crippen LogP) is 1.59. The van der Waals surface area contributed by atoms with Crippen LogP contribution in [0.3, 0.4) is 0 Å². The topological polar surface area (TPSA) is 85.2 Å². The van der Waals surface area contributed by atoms with Gasteiger partial charge in [-0.25, -0.2) is 14.8 Å². The normalized spacial score (nSPS) is 23.9. The molecular weight excluding hydrogens is 323 g/mol. The second-order valence-electron chi connectivity index (χ2n) is 6.98. The highest BCUT2D eigenvalue weighted by molar-refractivity contribution is 5.94. The number of benzene rings is 1. The van der Waals surface area contributed by atoms with Crippen LogP contribution in [0.25, 0.3) is 0 Å². The lowest BCUT2D eigenvalue weighted by atomic mass is 9.94. The van der Waals surface area contributed by atoms with Gasteiger partial charge in [0.2, 0.25) is 0 Å². The summed E-state index contributed by atoms with van der Waals surface area (Å²) in [6.07, 6.45) is -1.41. The standard InChI is InChI=1S/C18H23FN4O2/c1-13(24)18(11-20)9-15(19)10-23(18)22-17(2,3)12-21-16(25)14-7-5-4-6-8-14/h4-8,15,22H,9-10,12H2,1-3H3,(H,21,25)/t15-,18-/m0/s1. The molecule has 134 valence electrons. The van der Waals surface area contributed by atoms with Crippen molar-refractivity contribution in [2.24, 2.45) is 0 Å². The fourth-order valence-electron chi connectivity index (χ4n) is 2.91. The van der Waals surface area contributed by atoms with Gasteiger partial charge in [-0.1, -0.05) is 18.2 Å². The summed E-state index contributed by atoms with van der Waals surface area (Å²) in [5.41, 5.74) is 1.40. The summed E-state index contributed by atoms with van der Waals surface area (Å²) >= 11 is 0. The van der Waals surface area contributed by atoms with Gasteiger partial charge in [-0.15, -0.1) is 0 Å². The second kappa shape index (κ2) is 7.30. The number of nitrogens with one attached hydrogen (secondary N) is 2. The number of halogens is 1. The molecule has 6 nitrogen and oxygen atoms in total. The molecule has 1 aromatic rings.